The second-order valence-electron chi connectivity index (χ2n) is 7.23. The molecule has 0 aliphatic carbocycles. The van der Waals surface area contributed by atoms with Gasteiger partial charge in [0.2, 0.25) is 5.82 Å². The Bertz CT molecular complexity index is 1270. The van der Waals surface area contributed by atoms with Crippen LogP contribution in [0.3, 0.4) is 0 Å². The number of methoxy groups -OCH3 is 2. The lowest BCUT2D eigenvalue weighted by molar-refractivity contribution is -0.146. The zero-order valence-electron chi connectivity index (χ0n) is 17.6. The molecule has 0 spiro atoms. The van der Waals surface area contributed by atoms with E-state index in [0.717, 1.165) is 4.57 Å². The van der Waals surface area contributed by atoms with Crippen molar-refractivity contribution in [2.24, 2.45) is 0 Å². The topological polar surface area (TPSA) is 95.7 Å². The number of ether oxygens (including phenoxy) is 3. The molecule has 3 aromatic rings. The predicted molar refractivity (Wildman–Crippen MR) is 114 cm³/mol. The number of alkyl halides is 3. The highest BCUT2D eigenvalue weighted by atomic mass is 35.5. The zero-order chi connectivity index (χ0) is 24.8. The highest BCUT2D eigenvalue weighted by Gasteiger charge is 2.43. The summed E-state index contributed by atoms with van der Waals surface area (Å²) in [7, 11) is 2.79. The van der Waals surface area contributed by atoms with Gasteiger partial charge in [0.1, 0.15) is 12.2 Å². The molecule has 0 unspecified atom stereocenters. The van der Waals surface area contributed by atoms with Gasteiger partial charge in [-0.2, -0.15) is 13.2 Å². The molecule has 2 aromatic carbocycles. The third kappa shape index (κ3) is 4.15. The number of halogens is 5. The molecule has 0 saturated carbocycles. The second-order valence-corrected chi connectivity index (χ2v) is 8.04. The molecule has 1 aliphatic rings. The van der Waals surface area contributed by atoms with Crippen molar-refractivity contribution in [2.75, 3.05) is 14.2 Å². The summed E-state index contributed by atoms with van der Waals surface area (Å²) in [5.74, 6) is -2.48. The van der Waals surface area contributed by atoms with E-state index < -0.39 is 36.6 Å². The molecule has 1 aliphatic heterocycles. The summed E-state index contributed by atoms with van der Waals surface area (Å²) >= 11 is 12.8. The van der Waals surface area contributed by atoms with Crippen LogP contribution in [0.25, 0.3) is 5.69 Å². The molecule has 0 bridgehead atoms. The second kappa shape index (κ2) is 8.97. The number of carboxylic acid groups (broad SMARTS) is 1. The Balaban J connectivity index is 2.02. The summed E-state index contributed by atoms with van der Waals surface area (Å²) in [5.41, 5.74) is 0.506. The van der Waals surface area contributed by atoms with Crippen LogP contribution in [0.4, 0.5) is 13.2 Å². The first-order valence-electron chi connectivity index (χ1n) is 9.66. The van der Waals surface area contributed by atoms with Crippen molar-refractivity contribution in [3.8, 4) is 17.2 Å². The fourth-order valence-corrected chi connectivity index (χ4v) is 4.32. The number of carbonyl (C=O) groups is 1. The molecule has 34 heavy (non-hydrogen) atoms. The SMILES string of the molecule is COc1ccc([C@H]2O[C@H](CC(=O)O)c3nnc(C(F)(F)F)n3-c3ccc(Cl)cc32)c(Cl)c1OC. The smallest absolute Gasteiger partial charge is 0.452 e. The molecule has 1 N–H and O–H groups in total. The van der Waals surface area contributed by atoms with E-state index in [1.807, 2.05) is 0 Å². The lowest BCUT2D eigenvalue weighted by Crippen LogP contribution is -2.17. The molecular weight excluding hydrogens is 502 g/mol. The fraction of sp³-hybridized carbons (Fsp3) is 0.286. The van der Waals surface area contributed by atoms with E-state index >= 15 is 0 Å². The third-order valence-corrected chi connectivity index (χ3v) is 5.83. The predicted octanol–water partition coefficient (Wildman–Crippen LogP) is 5.25. The molecule has 8 nitrogen and oxygen atoms in total. The molecule has 0 amide bonds. The van der Waals surface area contributed by atoms with Crippen LogP contribution in [-0.2, 0) is 15.7 Å². The van der Waals surface area contributed by atoms with Crippen LogP contribution in [0.2, 0.25) is 10.0 Å². The Morgan fingerprint density at radius 3 is 2.50 bits per heavy atom. The molecule has 4 rings (SSSR count). The first-order chi connectivity index (χ1) is 16.1. The number of hydrogen-bond donors (Lipinski definition) is 1. The van der Waals surface area contributed by atoms with Gasteiger partial charge in [0.05, 0.1) is 31.4 Å². The summed E-state index contributed by atoms with van der Waals surface area (Å²) in [6.45, 7) is 0. The minimum absolute atomic E-state index is 0.0143. The summed E-state index contributed by atoms with van der Waals surface area (Å²) in [4.78, 5) is 11.6. The van der Waals surface area contributed by atoms with Gasteiger partial charge in [0.15, 0.2) is 17.3 Å². The van der Waals surface area contributed by atoms with Crippen molar-refractivity contribution < 1.29 is 37.3 Å². The Kier molecular flexibility index (Phi) is 6.36. The van der Waals surface area contributed by atoms with Gasteiger partial charge in [-0.3, -0.25) is 9.36 Å². The summed E-state index contributed by atoms with van der Waals surface area (Å²) in [6, 6.07) is 7.27. The van der Waals surface area contributed by atoms with E-state index in [1.54, 1.807) is 12.1 Å². The maximum Gasteiger partial charge on any atom is 0.452 e. The minimum Gasteiger partial charge on any atom is -0.493 e. The molecule has 0 fully saturated rings. The van der Waals surface area contributed by atoms with Crippen molar-refractivity contribution in [3.63, 3.8) is 0 Å². The number of carboxylic acids is 1. The molecule has 13 heteroatoms. The van der Waals surface area contributed by atoms with Crippen molar-refractivity contribution in [3.05, 3.63) is 63.2 Å². The van der Waals surface area contributed by atoms with Crippen LogP contribution < -0.4 is 9.47 Å². The quantitative estimate of drug-likeness (QED) is 0.493. The van der Waals surface area contributed by atoms with Gasteiger partial charge < -0.3 is 19.3 Å². The van der Waals surface area contributed by atoms with Gasteiger partial charge in [-0.15, -0.1) is 10.2 Å². The van der Waals surface area contributed by atoms with Gasteiger partial charge in [0, 0.05) is 16.1 Å². The summed E-state index contributed by atoms with van der Waals surface area (Å²) < 4.78 is 58.8. The Morgan fingerprint density at radius 1 is 1.15 bits per heavy atom. The van der Waals surface area contributed by atoms with E-state index in [9.17, 15) is 23.1 Å². The van der Waals surface area contributed by atoms with Crippen LogP contribution in [0.1, 0.15) is 41.4 Å². The van der Waals surface area contributed by atoms with E-state index in [1.165, 1.54) is 32.4 Å². The largest absolute Gasteiger partial charge is 0.493 e. The van der Waals surface area contributed by atoms with Crippen LogP contribution in [0, 0.1) is 0 Å². The van der Waals surface area contributed by atoms with Crippen LogP contribution >= 0.6 is 23.2 Å². The Morgan fingerprint density at radius 2 is 1.88 bits per heavy atom. The van der Waals surface area contributed by atoms with Gasteiger partial charge in [-0.05, 0) is 24.3 Å². The lowest BCUT2D eigenvalue weighted by Gasteiger charge is -2.24. The fourth-order valence-electron chi connectivity index (χ4n) is 3.81. The lowest BCUT2D eigenvalue weighted by atomic mass is 9.98. The highest BCUT2D eigenvalue weighted by molar-refractivity contribution is 6.33. The summed E-state index contributed by atoms with van der Waals surface area (Å²) in [5, 5.41) is 16.6. The van der Waals surface area contributed by atoms with Crippen molar-refractivity contribution >= 4 is 29.2 Å². The average molecular weight is 518 g/mol. The molecule has 0 saturated heterocycles. The van der Waals surface area contributed by atoms with Crippen molar-refractivity contribution in [1.29, 1.82) is 0 Å². The molecular formula is C21H16Cl2F3N3O5. The number of aromatic nitrogens is 3. The maximum atomic E-state index is 13.8. The monoisotopic (exact) mass is 517 g/mol. The van der Waals surface area contributed by atoms with E-state index in [-0.39, 0.29) is 32.9 Å². The number of aliphatic carboxylic acids is 1. The van der Waals surface area contributed by atoms with E-state index in [0.29, 0.717) is 11.3 Å². The minimum atomic E-state index is -4.88. The normalized spacial score (nSPS) is 17.5. The Hall–Kier alpha value is -3.02. The number of hydrogen-bond acceptors (Lipinski definition) is 6. The van der Waals surface area contributed by atoms with Crippen LogP contribution in [0.15, 0.2) is 30.3 Å². The molecule has 2 heterocycles. The van der Waals surface area contributed by atoms with E-state index in [4.69, 9.17) is 37.4 Å². The molecule has 180 valence electrons. The number of fused-ring (bicyclic) bond motifs is 3. The van der Waals surface area contributed by atoms with Crippen molar-refractivity contribution in [2.45, 2.75) is 24.8 Å². The summed E-state index contributed by atoms with van der Waals surface area (Å²) in [6.07, 6.45) is -8.09. The standard InChI is InChI=1S/C21H16Cl2F3N3O5/c1-32-13-6-4-10(16(23)18(13)33-2)17-11-7-9(22)3-5-12(11)29-19(14(34-17)8-15(30)31)27-28-20(29)21(24,25)26/h3-7,14,17H,8H2,1-2H3,(H,30,31)/t14-,17-/m1/s1. The maximum absolute atomic E-state index is 13.8. The first-order valence-corrected chi connectivity index (χ1v) is 10.4. The number of nitrogens with zero attached hydrogens (tertiary/aromatic N) is 3. The average Bonchev–Trinajstić information content (AvgIpc) is 3.17. The van der Waals surface area contributed by atoms with Gasteiger partial charge in [-0.1, -0.05) is 29.3 Å². The third-order valence-electron chi connectivity index (χ3n) is 5.20. The van der Waals surface area contributed by atoms with Gasteiger partial charge >= 0.3 is 12.1 Å². The van der Waals surface area contributed by atoms with Crippen LogP contribution in [0.5, 0.6) is 11.5 Å². The number of rotatable bonds is 5. The van der Waals surface area contributed by atoms with Gasteiger partial charge in [-0.25, -0.2) is 0 Å². The van der Waals surface area contributed by atoms with Crippen LogP contribution in [-0.4, -0.2) is 40.1 Å². The molecule has 0 radical (unpaired) electrons. The van der Waals surface area contributed by atoms with Crippen molar-refractivity contribution in [1.82, 2.24) is 14.8 Å². The molecule has 1 aromatic heterocycles. The highest BCUT2D eigenvalue weighted by Crippen LogP contribution is 2.48. The zero-order valence-corrected chi connectivity index (χ0v) is 19.1. The Labute approximate surface area is 200 Å². The van der Waals surface area contributed by atoms with Gasteiger partial charge in [0.25, 0.3) is 0 Å². The number of benzene rings is 2. The first kappa shape index (κ1) is 24.1. The van der Waals surface area contributed by atoms with E-state index in [2.05, 4.69) is 10.2 Å². The molecule has 2 atom stereocenters.